The van der Waals surface area contributed by atoms with Crippen LogP contribution >= 0.6 is 0 Å². The number of azide groups is 1. The summed E-state index contributed by atoms with van der Waals surface area (Å²) >= 11 is 0. The zero-order valence-corrected chi connectivity index (χ0v) is 12.9. The number of ether oxygens (including phenoxy) is 2. The molecule has 2 aliphatic rings. The van der Waals surface area contributed by atoms with Crippen LogP contribution in [0.25, 0.3) is 10.4 Å². The van der Waals surface area contributed by atoms with Gasteiger partial charge in [-0.1, -0.05) is 6.42 Å². The highest BCUT2D eigenvalue weighted by Crippen LogP contribution is 2.41. The van der Waals surface area contributed by atoms with Crippen molar-refractivity contribution in [3.63, 3.8) is 0 Å². The number of methoxy groups -OCH3 is 1. The largest absolute Gasteiger partial charge is 0.471 e. The van der Waals surface area contributed by atoms with E-state index in [1.807, 2.05) is 5.94 Å². The molecular weight excluding hydrogens is 302 g/mol. The Morgan fingerprint density at radius 1 is 1.65 bits per heavy atom. The molecule has 0 spiro atoms. The Balaban J connectivity index is 2.33. The molecule has 0 saturated heterocycles. The summed E-state index contributed by atoms with van der Waals surface area (Å²) in [6, 6.07) is 0. The molecule has 0 radical (unpaired) electrons. The molecule has 1 heterocycles. The van der Waals surface area contributed by atoms with Crippen LogP contribution in [-0.2, 0) is 19.1 Å². The molecule has 23 heavy (non-hydrogen) atoms. The van der Waals surface area contributed by atoms with Gasteiger partial charge >= 0.3 is 5.97 Å². The lowest BCUT2D eigenvalue weighted by Gasteiger charge is -2.41. The lowest BCUT2D eigenvalue weighted by atomic mass is 9.77. The lowest BCUT2D eigenvalue weighted by Crippen LogP contribution is -2.49. The van der Waals surface area contributed by atoms with Gasteiger partial charge in [0.25, 0.3) is 0 Å². The first kappa shape index (κ1) is 17.1. The van der Waals surface area contributed by atoms with Crippen LogP contribution in [0.4, 0.5) is 0 Å². The van der Waals surface area contributed by atoms with Crippen molar-refractivity contribution < 1.29 is 24.2 Å². The molecule has 3 unspecified atom stereocenters. The molecule has 8 nitrogen and oxygen atoms in total. The molecule has 1 aliphatic carbocycles. The minimum Gasteiger partial charge on any atom is -0.471 e. The van der Waals surface area contributed by atoms with E-state index in [9.17, 15) is 14.7 Å². The van der Waals surface area contributed by atoms with Gasteiger partial charge in [0.15, 0.2) is 0 Å². The fraction of sp³-hybridized carbons (Fsp3) is 0.667. The molecule has 124 valence electrons. The quantitative estimate of drug-likeness (QED) is 0.279. The van der Waals surface area contributed by atoms with Crippen LogP contribution < -0.4 is 0 Å². The maximum atomic E-state index is 11.7. The van der Waals surface area contributed by atoms with Gasteiger partial charge in [-0.25, -0.2) is 9.59 Å². The summed E-state index contributed by atoms with van der Waals surface area (Å²) in [5.41, 5.74) is 7.72. The van der Waals surface area contributed by atoms with Gasteiger partial charge in [-0.2, -0.15) is 0 Å². The number of carbonyl (C=O) groups excluding carboxylic acids is 2. The second-order valence-corrected chi connectivity index (χ2v) is 5.66. The highest BCUT2D eigenvalue weighted by Gasteiger charge is 2.48. The van der Waals surface area contributed by atoms with Crippen molar-refractivity contribution in [3.8, 4) is 0 Å². The normalized spacial score (nSPS) is 28.5. The number of esters is 1. The molecular formula is C15H19N3O5. The summed E-state index contributed by atoms with van der Waals surface area (Å²) in [7, 11) is 1.21. The van der Waals surface area contributed by atoms with Crippen molar-refractivity contribution in [3.05, 3.63) is 27.9 Å². The minimum absolute atomic E-state index is 0.0994. The molecule has 1 aliphatic heterocycles. The van der Waals surface area contributed by atoms with E-state index in [0.29, 0.717) is 24.8 Å². The summed E-state index contributed by atoms with van der Waals surface area (Å²) in [5, 5.41) is 14.4. The van der Waals surface area contributed by atoms with Gasteiger partial charge < -0.3 is 14.6 Å². The first-order chi connectivity index (χ1) is 11.1. The SMILES string of the molecule is COC(=O)C1=CCCC(N=[N+]=[N-])(C(O)C2CCCCC2=C=O)O1. The first-order valence-electron chi connectivity index (χ1n) is 7.53. The molecule has 1 saturated carbocycles. The van der Waals surface area contributed by atoms with E-state index >= 15 is 0 Å². The molecule has 1 fully saturated rings. The van der Waals surface area contributed by atoms with Crippen LogP contribution in [0.2, 0.25) is 0 Å². The van der Waals surface area contributed by atoms with E-state index in [4.69, 9.17) is 10.3 Å². The Morgan fingerprint density at radius 2 is 2.43 bits per heavy atom. The van der Waals surface area contributed by atoms with Gasteiger partial charge in [0.2, 0.25) is 11.5 Å². The highest BCUT2D eigenvalue weighted by molar-refractivity contribution is 5.86. The highest BCUT2D eigenvalue weighted by atomic mass is 16.6. The van der Waals surface area contributed by atoms with E-state index < -0.39 is 23.7 Å². The van der Waals surface area contributed by atoms with Crippen LogP contribution in [0, 0.1) is 5.92 Å². The van der Waals surface area contributed by atoms with Gasteiger partial charge in [0.1, 0.15) is 12.0 Å². The van der Waals surface area contributed by atoms with Crippen molar-refractivity contribution in [2.45, 2.75) is 50.4 Å². The average Bonchev–Trinajstić information content (AvgIpc) is 2.60. The predicted molar refractivity (Wildman–Crippen MR) is 79.5 cm³/mol. The van der Waals surface area contributed by atoms with Gasteiger partial charge in [-0.15, -0.1) is 0 Å². The van der Waals surface area contributed by atoms with Crippen molar-refractivity contribution in [2.24, 2.45) is 11.0 Å². The summed E-state index contributed by atoms with van der Waals surface area (Å²) in [5.74, 6) is 0.588. The molecule has 8 heteroatoms. The predicted octanol–water partition coefficient (Wildman–Crippen LogP) is 2.17. The van der Waals surface area contributed by atoms with Crippen LogP contribution in [0.3, 0.4) is 0 Å². The molecule has 2 rings (SSSR count). The third-order valence-corrected chi connectivity index (χ3v) is 4.35. The van der Waals surface area contributed by atoms with Gasteiger partial charge in [0, 0.05) is 16.4 Å². The Hall–Kier alpha value is -2.27. The van der Waals surface area contributed by atoms with Crippen LogP contribution in [0.1, 0.15) is 38.5 Å². The fourth-order valence-electron chi connectivity index (χ4n) is 3.16. The van der Waals surface area contributed by atoms with Gasteiger partial charge in [-0.05, 0) is 48.8 Å². The molecule has 0 amide bonds. The molecule has 0 aromatic carbocycles. The van der Waals surface area contributed by atoms with Gasteiger partial charge in [0.05, 0.1) is 7.11 Å². The van der Waals surface area contributed by atoms with Crippen molar-refractivity contribution >= 4 is 11.9 Å². The fourth-order valence-corrected chi connectivity index (χ4v) is 3.16. The van der Waals surface area contributed by atoms with E-state index in [2.05, 4.69) is 14.8 Å². The molecule has 0 aromatic rings. The monoisotopic (exact) mass is 321 g/mol. The van der Waals surface area contributed by atoms with Crippen LogP contribution in [-0.4, -0.2) is 36.0 Å². The number of aliphatic hydroxyl groups is 1. The number of aliphatic hydroxyl groups excluding tert-OH is 1. The topological polar surface area (TPSA) is 122 Å². The number of rotatable bonds is 4. The Labute approximate surface area is 133 Å². The Bertz CT molecular complexity index is 604. The molecule has 3 atom stereocenters. The summed E-state index contributed by atoms with van der Waals surface area (Å²) < 4.78 is 10.2. The second kappa shape index (κ2) is 7.33. The first-order valence-corrected chi connectivity index (χ1v) is 7.53. The lowest BCUT2D eigenvalue weighted by molar-refractivity contribution is -0.156. The van der Waals surface area contributed by atoms with Crippen molar-refractivity contribution in [1.29, 1.82) is 0 Å². The van der Waals surface area contributed by atoms with E-state index in [-0.39, 0.29) is 12.2 Å². The maximum Gasteiger partial charge on any atom is 0.372 e. The van der Waals surface area contributed by atoms with E-state index in [1.165, 1.54) is 13.2 Å². The number of hydrogen-bond acceptors (Lipinski definition) is 6. The van der Waals surface area contributed by atoms with E-state index in [0.717, 1.165) is 12.8 Å². The zero-order chi connectivity index (χ0) is 16.9. The standard InChI is InChI=1S/C15H19N3O5/c1-22-14(21)12-7-4-8-15(23-12,17-18-16)13(20)11-6-3-2-5-10(11)9-19/h7,11,13,20H,2-6,8H2,1H3. The Morgan fingerprint density at radius 3 is 3.09 bits per heavy atom. The Kier molecular flexibility index (Phi) is 5.45. The number of nitrogens with zero attached hydrogens (tertiary/aromatic N) is 3. The smallest absolute Gasteiger partial charge is 0.372 e. The van der Waals surface area contributed by atoms with Gasteiger partial charge in [-0.3, -0.25) is 0 Å². The summed E-state index contributed by atoms with van der Waals surface area (Å²) in [6.45, 7) is 0. The maximum absolute atomic E-state index is 11.7. The van der Waals surface area contributed by atoms with Crippen LogP contribution in [0.15, 0.2) is 22.5 Å². The van der Waals surface area contributed by atoms with Crippen molar-refractivity contribution in [2.75, 3.05) is 7.11 Å². The minimum atomic E-state index is -1.63. The summed E-state index contributed by atoms with van der Waals surface area (Å²) in [4.78, 5) is 25.6. The zero-order valence-electron chi connectivity index (χ0n) is 12.9. The molecule has 0 bridgehead atoms. The third-order valence-electron chi connectivity index (χ3n) is 4.35. The third kappa shape index (κ3) is 3.40. The van der Waals surface area contributed by atoms with Crippen molar-refractivity contribution in [1.82, 2.24) is 0 Å². The van der Waals surface area contributed by atoms with Crippen LogP contribution in [0.5, 0.6) is 0 Å². The van der Waals surface area contributed by atoms with E-state index in [1.54, 1.807) is 0 Å². The average molecular weight is 321 g/mol. The number of carbonyl (C=O) groups is 1. The number of allylic oxidation sites excluding steroid dienone is 1. The summed E-state index contributed by atoms with van der Waals surface area (Å²) in [6.07, 6.45) is 3.72. The molecule has 1 N–H and O–H groups in total. The molecule has 0 aromatic heterocycles. The number of hydrogen-bond donors (Lipinski definition) is 1. The second-order valence-electron chi connectivity index (χ2n) is 5.66.